The van der Waals surface area contributed by atoms with Crippen LogP contribution in [0.5, 0.6) is 0 Å². The Balaban J connectivity index is 3.17. The van der Waals surface area contributed by atoms with Crippen molar-refractivity contribution in [3.8, 4) is 0 Å². The summed E-state index contributed by atoms with van der Waals surface area (Å²) in [5.41, 5.74) is 0. The van der Waals surface area contributed by atoms with Gasteiger partial charge in [0, 0.05) is 0 Å². The minimum absolute atomic E-state index is 0.262. The molecule has 0 saturated heterocycles. The first-order valence-corrected chi connectivity index (χ1v) is 3.02. The van der Waals surface area contributed by atoms with E-state index in [-0.39, 0.29) is 3.55 Å². The maximum absolute atomic E-state index is 3.09. The number of hydrogen-bond donors (Lipinski definition) is 1. The predicted molar refractivity (Wildman–Crippen MR) is 37.2 cm³/mol. The lowest BCUT2D eigenvalue weighted by Crippen LogP contribution is -2.27. The van der Waals surface area contributed by atoms with Gasteiger partial charge in [0.1, 0.15) is 0 Å². The van der Waals surface area contributed by atoms with E-state index in [2.05, 4.69) is 41.8 Å². The molecule has 6 heavy (non-hydrogen) atoms. The number of rotatable bonds is 1. The minimum atomic E-state index is 0.262. The van der Waals surface area contributed by atoms with Gasteiger partial charge in [-0.25, -0.2) is 0 Å². The highest BCUT2D eigenvalue weighted by atomic mass is 127. The molecule has 0 aliphatic carbocycles. The van der Waals surface area contributed by atoms with Crippen LogP contribution in [0.2, 0.25) is 0 Å². The molecule has 0 rings (SSSR count). The van der Waals surface area contributed by atoms with Crippen LogP contribution in [0, 0.1) is 0 Å². The highest BCUT2D eigenvalue weighted by molar-refractivity contribution is 14.1. The topological polar surface area (TPSA) is 12.0 Å². The Kier molecular flexibility index (Phi) is 2.36. The van der Waals surface area contributed by atoms with Gasteiger partial charge in [-0.2, -0.15) is 0 Å². The molecule has 0 spiro atoms. The standard InChI is InChI=1S/C4H10IN/c1-4(2,5)6-3/h6H,1-3H3. The summed E-state index contributed by atoms with van der Waals surface area (Å²) in [6.07, 6.45) is 0. The van der Waals surface area contributed by atoms with Crippen molar-refractivity contribution >= 4 is 22.6 Å². The molecular formula is C4H10IN. The van der Waals surface area contributed by atoms with E-state index in [4.69, 9.17) is 0 Å². The van der Waals surface area contributed by atoms with E-state index in [9.17, 15) is 0 Å². The summed E-state index contributed by atoms with van der Waals surface area (Å²) in [6, 6.07) is 0. The van der Waals surface area contributed by atoms with Crippen molar-refractivity contribution in [1.29, 1.82) is 0 Å². The lowest BCUT2D eigenvalue weighted by molar-refractivity contribution is 0.641. The monoisotopic (exact) mass is 199 g/mol. The van der Waals surface area contributed by atoms with Crippen LogP contribution >= 0.6 is 22.6 Å². The number of halogens is 1. The number of alkyl halides is 1. The quantitative estimate of drug-likeness (QED) is 0.382. The van der Waals surface area contributed by atoms with Crippen molar-refractivity contribution in [2.75, 3.05) is 7.05 Å². The van der Waals surface area contributed by atoms with Crippen molar-refractivity contribution in [3.63, 3.8) is 0 Å². The largest absolute Gasteiger partial charge is 0.306 e. The highest BCUT2D eigenvalue weighted by Gasteiger charge is 2.04. The lowest BCUT2D eigenvalue weighted by Gasteiger charge is -2.12. The zero-order valence-electron chi connectivity index (χ0n) is 4.38. The Hall–Kier alpha value is 0.690. The summed E-state index contributed by atoms with van der Waals surface area (Å²) in [6.45, 7) is 4.24. The molecule has 0 aromatic heterocycles. The van der Waals surface area contributed by atoms with Crippen LogP contribution in [0.15, 0.2) is 0 Å². The first-order chi connectivity index (χ1) is 2.56. The van der Waals surface area contributed by atoms with Gasteiger partial charge in [0.15, 0.2) is 0 Å². The Morgan fingerprint density at radius 2 is 1.67 bits per heavy atom. The van der Waals surface area contributed by atoms with E-state index in [1.165, 1.54) is 0 Å². The summed E-state index contributed by atoms with van der Waals surface area (Å²) in [4.78, 5) is 0. The Bertz CT molecular complexity index is 37.3. The normalized spacial score (nSPS) is 12.0. The molecule has 0 radical (unpaired) electrons. The SMILES string of the molecule is CNC(C)(C)I. The maximum atomic E-state index is 3.09. The van der Waals surface area contributed by atoms with Crippen LogP contribution in [-0.4, -0.2) is 10.6 Å². The van der Waals surface area contributed by atoms with E-state index in [1.807, 2.05) is 7.05 Å². The van der Waals surface area contributed by atoms with Gasteiger partial charge in [0.05, 0.1) is 3.55 Å². The van der Waals surface area contributed by atoms with Gasteiger partial charge in [-0.15, -0.1) is 0 Å². The fourth-order valence-electron chi connectivity index (χ4n) is 0. The molecule has 0 bridgehead atoms. The van der Waals surface area contributed by atoms with Gasteiger partial charge in [0.2, 0.25) is 0 Å². The summed E-state index contributed by atoms with van der Waals surface area (Å²) in [5.74, 6) is 0. The zero-order chi connectivity index (χ0) is 5.21. The van der Waals surface area contributed by atoms with Crippen LogP contribution in [0.4, 0.5) is 0 Å². The molecule has 1 nitrogen and oxygen atoms in total. The first kappa shape index (κ1) is 6.69. The van der Waals surface area contributed by atoms with Gasteiger partial charge < -0.3 is 5.32 Å². The smallest absolute Gasteiger partial charge is 0.0645 e. The lowest BCUT2D eigenvalue weighted by atomic mass is 10.4. The molecule has 38 valence electrons. The molecule has 0 heterocycles. The third kappa shape index (κ3) is 4.69. The van der Waals surface area contributed by atoms with Crippen molar-refractivity contribution in [3.05, 3.63) is 0 Å². The molecule has 0 aromatic carbocycles. The molecule has 0 aliphatic heterocycles. The van der Waals surface area contributed by atoms with Crippen molar-refractivity contribution in [2.45, 2.75) is 17.4 Å². The second kappa shape index (κ2) is 2.12. The van der Waals surface area contributed by atoms with Crippen molar-refractivity contribution in [1.82, 2.24) is 5.32 Å². The fraction of sp³-hybridized carbons (Fsp3) is 1.00. The molecule has 0 amide bonds. The highest BCUT2D eigenvalue weighted by Crippen LogP contribution is 2.09. The summed E-state index contributed by atoms with van der Waals surface area (Å²) in [5, 5.41) is 3.09. The van der Waals surface area contributed by atoms with Gasteiger partial charge in [0.25, 0.3) is 0 Å². The summed E-state index contributed by atoms with van der Waals surface area (Å²) >= 11 is 2.33. The van der Waals surface area contributed by atoms with Crippen LogP contribution < -0.4 is 5.32 Å². The summed E-state index contributed by atoms with van der Waals surface area (Å²) in [7, 11) is 1.95. The van der Waals surface area contributed by atoms with Crippen molar-refractivity contribution < 1.29 is 0 Å². The third-order valence-corrected chi connectivity index (χ3v) is 1.13. The molecule has 0 aliphatic rings. The first-order valence-electron chi connectivity index (χ1n) is 1.94. The number of hydrogen-bond acceptors (Lipinski definition) is 1. The predicted octanol–water partition coefficient (Wildman–Crippen LogP) is 1.38. The molecule has 1 N–H and O–H groups in total. The van der Waals surface area contributed by atoms with Gasteiger partial charge in [-0.3, -0.25) is 0 Å². The fourth-order valence-corrected chi connectivity index (χ4v) is 0. The zero-order valence-corrected chi connectivity index (χ0v) is 6.54. The minimum Gasteiger partial charge on any atom is -0.306 e. The summed E-state index contributed by atoms with van der Waals surface area (Å²) < 4.78 is 0.262. The van der Waals surface area contributed by atoms with Crippen LogP contribution in [0.3, 0.4) is 0 Å². The van der Waals surface area contributed by atoms with Gasteiger partial charge >= 0.3 is 0 Å². The van der Waals surface area contributed by atoms with Gasteiger partial charge in [-0.05, 0) is 20.9 Å². The van der Waals surface area contributed by atoms with Crippen LogP contribution in [-0.2, 0) is 0 Å². The van der Waals surface area contributed by atoms with E-state index in [0.29, 0.717) is 0 Å². The van der Waals surface area contributed by atoms with Crippen LogP contribution in [0.25, 0.3) is 0 Å². The number of nitrogens with one attached hydrogen (secondary N) is 1. The molecule has 0 aromatic rings. The molecule has 0 atom stereocenters. The Morgan fingerprint density at radius 3 is 1.67 bits per heavy atom. The molecule has 0 saturated carbocycles. The molecule has 0 unspecified atom stereocenters. The molecule has 2 heteroatoms. The van der Waals surface area contributed by atoms with Crippen molar-refractivity contribution in [2.24, 2.45) is 0 Å². The Labute approximate surface area is 52.6 Å². The van der Waals surface area contributed by atoms with E-state index in [1.54, 1.807) is 0 Å². The Morgan fingerprint density at radius 1 is 1.50 bits per heavy atom. The second-order valence-electron chi connectivity index (χ2n) is 1.72. The van der Waals surface area contributed by atoms with E-state index in [0.717, 1.165) is 0 Å². The molecule has 0 fully saturated rings. The van der Waals surface area contributed by atoms with Crippen LogP contribution in [0.1, 0.15) is 13.8 Å². The average Bonchev–Trinajstić information content (AvgIpc) is 1.35. The van der Waals surface area contributed by atoms with Gasteiger partial charge in [-0.1, -0.05) is 22.6 Å². The van der Waals surface area contributed by atoms with E-state index >= 15 is 0 Å². The third-order valence-electron chi connectivity index (χ3n) is 0.594. The average molecular weight is 199 g/mol. The molecular weight excluding hydrogens is 189 g/mol. The second-order valence-corrected chi connectivity index (χ2v) is 4.42. The maximum Gasteiger partial charge on any atom is 0.0645 e. The van der Waals surface area contributed by atoms with E-state index < -0.39 is 0 Å².